The maximum Gasteiger partial charge on any atom is 0.242 e. The van der Waals surface area contributed by atoms with Crippen LogP contribution in [0.3, 0.4) is 0 Å². The van der Waals surface area contributed by atoms with Crippen LogP contribution in [0.2, 0.25) is 0 Å². The summed E-state index contributed by atoms with van der Waals surface area (Å²) in [6.45, 7) is 6.74. The molecule has 0 aromatic heterocycles. The lowest BCUT2D eigenvalue weighted by atomic mass is 10.1. The second-order valence-corrected chi connectivity index (χ2v) is 8.04. The number of methoxy groups -OCH3 is 1. The molecule has 0 fully saturated rings. The van der Waals surface area contributed by atoms with Crippen LogP contribution in [0.5, 0.6) is 11.5 Å². The van der Waals surface area contributed by atoms with E-state index in [1.54, 1.807) is 12.0 Å². The van der Waals surface area contributed by atoms with Crippen molar-refractivity contribution in [2.24, 2.45) is 0 Å². The minimum Gasteiger partial charge on any atom is -0.497 e. The highest BCUT2D eigenvalue weighted by atomic mass is 16.5. The van der Waals surface area contributed by atoms with E-state index in [9.17, 15) is 9.59 Å². The number of benzene rings is 2. The van der Waals surface area contributed by atoms with Crippen LogP contribution in [0, 0.1) is 0 Å². The molecule has 0 spiro atoms. The number of hydrogen-bond acceptors (Lipinski definition) is 4. The van der Waals surface area contributed by atoms with Gasteiger partial charge in [0.25, 0.3) is 0 Å². The van der Waals surface area contributed by atoms with E-state index in [4.69, 9.17) is 9.47 Å². The Morgan fingerprint density at radius 3 is 2.25 bits per heavy atom. The Balaban J connectivity index is 1.97. The topological polar surface area (TPSA) is 67.9 Å². The highest BCUT2D eigenvalue weighted by Crippen LogP contribution is 2.17. The van der Waals surface area contributed by atoms with E-state index >= 15 is 0 Å². The largest absolute Gasteiger partial charge is 0.497 e. The third-order valence-electron chi connectivity index (χ3n) is 5.16. The minimum absolute atomic E-state index is 0.0231. The molecular weight excluding hydrogens is 404 g/mol. The van der Waals surface area contributed by atoms with Crippen molar-refractivity contribution in [3.05, 3.63) is 60.2 Å². The summed E-state index contributed by atoms with van der Waals surface area (Å²) in [4.78, 5) is 27.6. The zero-order chi connectivity index (χ0) is 23.3. The quantitative estimate of drug-likeness (QED) is 0.474. The molecule has 2 aromatic carbocycles. The van der Waals surface area contributed by atoms with Crippen LogP contribution in [0.15, 0.2) is 54.6 Å². The van der Waals surface area contributed by atoms with Crippen molar-refractivity contribution >= 4 is 11.8 Å². The number of nitrogens with zero attached hydrogens (tertiary/aromatic N) is 1. The smallest absolute Gasteiger partial charge is 0.242 e. The molecule has 1 N–H and O–H groups in total. The Hall–Kier alpha value is -3.02. The van der Waals surface area contributed by atoms with Gasteiger partial charge < -0.3 is 19.7 Å². The fourth-order valence-electron chi connectivity index (χ4n) is 3.51. The van der Waals surface area contributed by atoms with Gasteiger partial charge in [0.05, 0.1) is 13.7 Å². The number of nitrogens with one attached hydrogen (secondary N) is 1. The number of rotatable bonds is 13. The Labute approximate surface area is 191 Å². The van der Waals surface area contributed by atoms with Gasteiger partial charge in [-0.05, 0) is 62.9 Å². The Morgan fingerprint density at radius 1 is 1.00 bits per heavy atom. The predicted octanol–water partition coefficient (Wildman–Crippen LogP) is 4.23. The Morgan fingerprint density at radius 2 is 1.66 bits per heavy atom. The van der Waals surface area contributed by atoms with Crippen LogP contribution in [0.1, 0.15) is 45.6 Å². The van der Waals surface area contributed by atoms with Crippen molar-refractivity contribution in [3.8, 4) is 11.5 Å². The van der Waals surface area contributed by atoms with Crippen LogP contribution in [-0.4, -0.2) is 49.1 Å². The molecule has 6 heteroatoms. The average molecular weight is 441 g/mol. The van der Waals surface area contributed by atoms with E-state index < -0.39 is 6.04 Å². The van der Waals surface area contributed by atoms with Gasteiger partial charge in [0, 0.05) is 19.0 Å². The van der Waals surface area contributed by atoms with Crippen LogP contribution < -0.4 is 14.8 Å². The molecule has 6 nitrogen and oxygen atoms in total. The summed E-state index contributed by atoms with van der Waals surface area (Å²) in [5, 5.41) is 2.96. The van der Waals surface area contributed by atoms with Gasteiger partial charge in [0.2, 0.25) is 11.8 Å². The van der Waals surface area contributed by atoms with Gasteiger partial charge in [0.1, 0.15) is 17.5 Å². The summed E-state index contributed by atoms with van der Waals surface area (Å²) in [7, 11) is 1.62. The zero-order valence-electron chi connectivity index (χ0n) is 19.7. The molecule has 0 heterocycles. The molecule has 0 bridgehead atoms. The minimum atomic E-state index is -0.476. The molecule has 0 saturated carbocycles. The summed E-state index contributed by atoms with van der Waals surface area (Å²) in [5.41, 5.74) is 1.15. The third kappa shape index (κ3) is 8.25. The molecule has 2 rings (SSSR count). The van der Waals surface area contributed by atoms with E-state index in [1.807, 2.05) is 75.4 Å². The van der Waals surface area contributed by atoms with E-state index in [-0.39, 0.29) is 17.9 Å². The van der Waals surface area contributed by atoms with Crippen molar-refractivity contribution in [2.45, 2.75) is 58.5 Å². The van der Waals surface area contributed by atoms with Gasteiger partial charge in [-0.25, -0.2) is 0 Å². The van der Waals surface area contributed by atoms with Crippen LogP contribution >= 0.6 is 0 Å². The molecule has 0 aliphatic rings. The maximum atomic E-state index is 13.1. The van der Waals surface area contributed by atoms with E-state index in [1.165, 1.54) is 0 Å². The highest BCUT2D eigenvalue weighted by molar-refractivity contribution is 5.87. The molecule has 0 saturated heterocycles. The van der Waals surface area contributed by atoms with Crippen molar-refractivity contribution in [1.29, 1.82) is 0 Å². The number of ether oxygens (including phenoxy) is 2. The normalized spacial score (nSPS) is 11.7. The number of carbonyl (C=O) groups is 2. The zero-order valence-corrected chi connectivity index (χ0v) is 19.7. The summed E-state index contributed by atoms with van der Waals surface area (Å²) in [6, 6.07) is 16.9. The first-order valence-corrected chi connectivity index (χ1v) is 11.3. The average Bonchev–Trinajstić information content (AvgIpc) is 2.79. The van der Waals surface area contributed by atoms with Gasteiger partial charge in [-0.3, -0.25) is 9.59 Å². The number of carbonyl (C=O) groups excluding carboxylic acids is 2. The van der Waals surface area contributed by atoms with E-state index in [0.717, 1.165) is 17.1 Å². The molecule has 174 valence electrons. The lowest BCUT2D eigenvalue weighted by molar-refractivity contribution is -0.141. The molecule has 2 amide bonds. The van der Waals surface area contributed by atoms with Crippen molar-refractivity contribution < 1.29 is 19.1 Å². The first-order chi connectivity index (χ1) is 15.4. The lowest BCUT2D eigenvalue weighted by Crippen LogP contribution is -2.51. The molecule has 0 unspecified atom stereocenters. The second kappa shape index (κ2) is 13.4. The van der Waals surface area contributed by atoms with E-state index in [2.05, 4.69) is 5.32 Å². The fourth-order valence-corrected chi connectivity index (χ4v) is 3.51. The SMILES string of the molecule is CC[C@H](C(=O)NC(C)C)N(CCc1ccccc1)C(=O)CCCOc1ccc(OC)cc1. The number of hydrogen-bond donors (Lipinski definition) is 1. The van der Waals surface area contributed by atoms with Gasteiger partial charge in [-0.2, -0.15) is 0 Å². The maximum absolute atomic E-state index is 13.1. The molecule has 2 aromatic rings. The second-order valence-electron chi connectivity index (χ2n) is 8.04. The Kier molecular flexibility index (Phi) is 10.6. The van der Waals surface area contributed by atoms with Crippen molar-refractivity contribution in [1.82, 2.24) is 10.2 Å². The van der Waals surface area contributed by atoms with Gasteiger partial charge in [0.15, 0.2) is 0 Å². The molecule has 0 aliphatic carbocycles. The van der Waals surface area contributed by atoms with Gasteiger partial charge in [-0.15, -0.1) is 0 Å². The van der Waals surface area contributed by atoms with Crippen molar-refractivity contribution in [2.75, 3.05) is 20.3 Å². The molecular formula is C26H36N2O4. The molecule has 32 heavy (non-hydrogen) atoms. The van der Waals surface area contributed by atoms with Gasteiger partial charge in [-0.1, -0.05) is 37.3 Å². The Bertz CT molecular complexity index is 821. The molecule has 0 aliphatic heterocycles. The van der Waals surface area contributed by atoms with E-state index in [0.29, 0.717) is 38.8 Å². The molecule has 1 atom stereocenters. The first-order valence-electron chi connectivity index (χ1n) is 11.3. The van der Waals surface area contributed by atoms with Crippen LogP contribution in [0.25, 0.3) is 0 Å². The number of amides is 2. The summed E-state index contributed by atoms with van der Waals surface area (Å²) < 4.78 is 10.9. The lowest BCUT2D eigenvalue weighted by Gasteiger charge is -2.31. The summed E-state index contributed by atoms with van der Waals surface area (Å²) >= 11 is 0. The first kappa shape index (κ1) is 25.2. The highest BCUT2D eigenvalue weighted by Gasteiger charge is 2.28. The standard InChI is InChI=1S/C26H36N2O4/c1-5-24(26(30)27-20(2)3)28(18-17-21-10-7-6-8-11-21)25(29)12-9-19-32-23-15-13-22(31-4)14-16-23/h6-8,10-11,13-16,20,24H,5,9,12,17-19H2,1-4H3,(H,27,30)/t24-/m1/s1. The monoisotopic (exact) mass is 440 g/mol. The predicted molar refractivity (Wildman–Crippen MR) is 127 cm³/mol. The fraction of sp³-hybridized carbons (Fsp3) is 0.462. The third-order valence-corrected chi connectivity index (χ3v) is 5.16. The van der Waals surface area contributed by atoms with Gasteiger partial charge >= 0.3 is 0 Å². The summed E-state index contributed by atoms with van der Waals surface area (Å²) in [6.07, 6.45) is 2.19. The van der Waals surface area contributed by atoms with Crippen LogP contribution in [-0.2, 0) is 16.0 Å². The van der Waals surface area contributed by atoms with Crippen LogP contribution in [0.4, 0.5) is 0 Å². The molecule has 0 radical (unpaired) electrons. The van der Waals surface area contributed by atoms with Crippen molar-refractivity contribution in [3.63, 3.8) is 0 Å². The summed E-state index contributed by atoms with van der Waals surface area (Å²) in [5.74, 6) is 1.39.